The number of pyridine rings is 1. The number of benzene rings is 2. The van der Waals surface area contributed by atoms with E-state index in [1.807, 2.05) is 48.7 Å². The summed E-state index contributed by atoms with van der Waals surface area (Å²) in [6.07, 6.45) is 6.53. The fourth-order valence-electron chi connectivity index (χ4n) is 3.36. The maximum Gasteiger partial charge on any atom is 0.251 e. The quantitative estimate of drug-likeness (QED) is 0.489. The fourth-order valence-corrected chi connectivity index (χ4v) is 4.36. The molecule has 4 aromatic rings. The summed E-state index contributed by atoms with van der Waals surface area (Å²) in [6.45, 7) is 1.91. The molecule has 0 bridgehead atoms. The van der Waals surface area contributed by atoms with Crippen molar-refractivity contribution in [2.75, 3.05) is 6.26 Å². The van der Waals surface area contributed by atoms with Crippen molar-refractivity contribution in [3.63, 3.8) is 0 Å². The van der Waals surface area contributed by atoms with Crippen LogP contribution in [-0.2, 0) is 16.4 Å². The second kappa shape index (κ2) is 8.76. The Labute approximate surface area is 186 Å². The predicted molar refractivity (Wildman–Crippen MR) is 122 cm³/mol. The van der Waals surface area contributed by atoms with Gasteiger partial charge in [0.05, 0.1) is 29.0 Å². The molecular formula is C24H22N4O3S. The first-order valence-corrected chi connectivity index (χ1v) is 11.8. The van der Waals surface area contributed by atoms with Gasteiger partial charge < -0.3 is 5.32 Å². The second-order valence-electron chi connectivity index (χ2n) is 7.48. The summed E-state index contributed by atoms with van der Waals surface area (Å²) in [7, 11) is -3.41. The molecule has 2 aromatic carbocycles. The number of hydrogen-bond acceptors (Lipinski definition) is 5. The highest BCUT2D eigenvalue weighted by Gasteiger charge is 2.15. The van der Waals surface area contributed by atoms with E-state index in [0.29, 0.717) is 11.3 Å². The first-order valence-electron chi connectivity index (χ1n) is 9.95. The lowest BCUT2D eigenvalue weighted by Crippen LogP contribution is -2.23. The van der Waals surface area contributed by atoms with Crippen molar-refractivity contribution >= 4 is 15.7 Å². The highest BCUT2D eigenvalue weighted by Crippen LogP contribution is 2.21. The van der Waals surface area contributed by atoms with E-state index in [-0.39, 0.29) is 22.9 Å². The third-order valence-corrected chi connectivity index (χ3v) is 6.27. The number of carbonyl (C=O) groups is 1. The van der Waals surface area contributed by atoms with E-state index in [0.717, 1.165) is 23.1 Å². The SMILES string of the molecule is Cc1ccc(C(=O)NCc2cc(-c3cnn(-c4ccccc4)c3)ccn2)cc1S(C)(=O)=O. The number of aromatic nitrogens is 3. The number of para-hydroxylation sites is 1. The fraction of sp³-hybridized carbons (Fsp3) is 0.125. The van der Waals surface area contributed by atoms with E-state index >= 15 is 0 Å². The Kier molecular flexibility index (Phi) is 5.87. The lowest BCUT2D eigenvalue weighted by Gasteiger charge is -2.09. The molecule has 162 valence electrons. The standard InChI is InChI=1S/C24H22N4O3S/c1-17-8-9-19(13-23(17)32(2,30)31)24(29)26-15-21-12-18(10-11-25-21)20-14-27-28(16-20)22-6-4-3-5-7-22/h3-14,16H,15H2,1-2H3,(H,26,29). The van der Waals surface area contributed by atoms with Crippen molar-refractivity contribution in [3.05, 3.63) is 96.1 Å². The number of nitrogens with one attached hydrogen (secondary N) is 1. The Morgan fingerprint density at radius 3 is 2.56 bits per heavy atom. The van der Waals surface area contributed by atoms with Crippen LogP contribution in [-0.4, -0.2) is 35.3 Å². The van der Waals surface area contributed by atoms with Crippen molar-refractivity contribution < 1.29 is 13.2 Å². The van der Waals surface area contributed by atoms with Crippen molar-refractivity contribution in [1.82, 2.24) is 20.1 Å². The molecule has 0 atom stereocenters. The minimum Gasteiger partial charge on any atom is -0.346 e. The van der Waals surface area contributed by atoms with Crippen molar-refractivity contribution in [2.24, 2.45) is 0 Å². The number of carbonyl (C=O) groups excluding carboxylic acids is 1. The number of hydrogen-bond donors (Lipinski definition) is 1. The molecule has 0 radical (unpaired) electrons. The van der Waals surface area contributed by atoms with Crippen LogP contribution in [0.2, 0.25) is 0 Å². The van der Waals surface area contributed by atoms with Gasteiger partial charge in [-0.25, -0.2) is 13.1 Å². The van der Waals surface area contributed by atoms with Crippen LogP contribution in [0.4, 0.5) is 0 Å². The first kappa shape index (κ1) is 21.5. The smallest absolute Gasteiger partial charge is 0.251 e. The van der Waals surface area contributed by atoms with E-state index < -0.39 is 9.84 Å². The summed E-state index contributed by atoms with van der Waals surface area (Å²) >= 11 is 0. The normalized spacial score (nSPS) is 11.3. The largest absolute Gasteiger partial charge is 0.346 e. The molecule has 4 rings (SSSR count). The average molecular weight is 447 g/mol. The molecule has 0 unspecified atom stereocenters. The van der Waals surface area contributed by atoms with Gasteiger partial charge in [-0.2, -0.15) is 5.10 Å². The van der Waals surface area contributed by atoms with Crippen LogP contribution in [0.3, 0.4) is 0 Å². The van der Waals surface area contributed by atoms with Gasteiger partial charge in [-0.05, 0) is 54.4 Å². The van der Waals surface area contributed by atoms with E-state index in [2.05, 4.69) is 15.4 Å². The van der Waals surface area contributed by atoms with Crippen LogP contribution in [0.25, 0.3) is 16.8 Å². The van der Waals surface area contributed by atoms with Gasteiger partial charge >= 0.3 is 0 Å². The van der Waals surface area contributed by atoms with Gasteiger partial charge in [-0.3, -0.25) is 9.78 Å². The number of sulfone groups is 1. The summed E-state index contributed by atoms with van der Waals surface area (Å²) in [6, 6.07) is 18.2. The van der Waals surface area contributed by atoms with Gasteiger partial charge in [-0.15, -0.1) is 0 Å². The Hall–Kier alpha value is -3.78. The molecule has 2 heterocycles. The number of nitrogens with zero attached hydrogens (tertiary/aromatic N) is 3. The minimum atomic E-state index is -3.41. The third kappa shape index (κ3) is 4.76. The Morgan fingerprint density at radius 2 is 1.81 bits per heavy atom. The monoisotopic (exact) mass is 446 g/mol. The van der Waals surface area contributed by atoms with Crippen LogP contribution >= 0.6 is 0 Å². The van der Waals surface area contributed by atoms with Crippen LogP contribution < -0.4 is 5.32 Å². The van der Waals surface area contributed by atoms with Gasteiger partial charge in [0.1, 0.15) is 0 Å². The van der Waals surface area contributed by atoms with Crippen molar-refractivity contribution in [3.8, 4) is 16.8 Å². The molecule has 0 aliphatic carbocycles. The Morgan fingerprint density at radius 1 is 1.03 bits per heavy atom. The van der Waals surface area contributed by atoms with Gasteiger partial charge in [-0.1, -0.05) is 24.3 Å². The molecule has 7 nitrogen and oxygen atoms in total. The summed E-state index contributed by atoms with van der Waals surface area (Å²) in [5, 5.41) is 7.22. The van der Waals surface area contributed by atoms with Crippen molar-refractivity contribution in [2.45, 2.75) is 18.4 Å². The highest BCUT2D eigenvalue weighted by molar-refractivity contribution is 7.90. The van der Waals surface area contributed by atoms with Crippen molar-refractivity contribution in [1.29, 1.82) is 0 Å². The maximum absolute atomic E-state index is 12.6. The van der Waals surface area contributed by atoms with Crippen LogP contribution in [0.15, 0.2) is 84.1 Å². The first-order chi connectivity index (χ1) is 15.3. The summed E-state index contributed by atoms with van der Waals surface area (Å²) in [5.41, 5.74) is 4.40. The van der Waals surface area contributed by atoms with E-state index in [9.17, 15) is 13.2 Å². The molecule has 1 N–H and O–H groups in total. The third-order valence-electron chi connectivity index (χ3n) is 5.03. The van der Waals surface area contributed by atoms with E-state index in [1.54, 1.807) is 36.1 Å². The number of amides is 1. The lowest BCUT2D eigenvalue weighted by molar-refractivity contribution is 0.0950. The molecule has 2 aromatic heterocycles. The molecule has 0 saturated heterocycles. The summed E-state index contributed by atoms with van der Waals surface area (Å²) < 4.78 is 25.6. The zero-order chi connectivity index (χ0) is 22.7. The van der Waals surface area contributed by atoms with Gasteiger partial charge in [0.25, 0.3) is 5.91 Å². The topological polar surface area (TPSA) is 93.9 Å². The van der Waals surface area contributed by atoms with Crippen LogP contribution in [0, 0.1) is 6.92 Å². The van der Waals surface area contributed by atoms with Gasteiger partial charge in [0.15, 0.2) is 9.84 Å². The molecule has 0 fully saturated rings. The van der Waals surface area contributed by atoms with Gasteiger partial charge in [0.2, 0.25) is 0 Å². The molecule has 0 aliphatic rings. The Bertz CT molecular complexity index is 1380. The zero-order valence-corrected chi connectivity index (χ0v) is 18.5. The zero-order valence-electron chi connectivity index (χ0n) is 17.7. The molecule has 1 amide bonds. The Balaban J connectivity index is 1.48. The van der Waals surface area contributed by atoms with E-state index in [4.69, 9.17) is 0 Å². The molecular weight excluding hydrogens is 424 g/mol. The maximum atomic E-state index is 12.6. The predicted octanol–water partition coefficient (Wildman–Crippen LogP) is 3.58. The summed E-state index contributed by atoms with van der Waals surface area (Å²) in [4.78, 5) is 17.1. The van der Waals surface area contributed by atoms with E-state index in [1.165, 1.54) is 6.07 Å². The van der Waals surface area contributed by atoms with Crippen LogP contribution in [0.5, 0.6) is 0 Å². The molecule has 0 saturated carbocycles. The molecule has 32 heavy (non-hydrogen) atoms. The summed E-state index contributed by atoms with van der Waals surface area (Å²) in [5.74, 6) is -0.362. The van der Waals surface area contributed by atoms with Gasteiger partial charge in [0, 0.05) is 29.8 Å². The highest BCUT2D eigenvalue weighted by atomic mass is 32.2. The molecule has 8 heteroatoms. The lowest BCUT2D eigenvalue weighted by atomic mass is 10.1. The molecule has 0 aliphatic heterocycles. The number of aryl methyl sites for hydroxylation is 1. The van der Waals surface area contributed by atoms with Crippen LogP contribution in [0.1, 0.15) is 21.6 Å². The molecule has 0 spiro atoms. The minimum absolute atomic E-state index is 0.153. The second-order valence-corrected chi connectivity index (χ2v) is 9.46. The number of rotatable bonds is 6. The average Bonchev–Trinajstić information content (AvgIpc) is 3.28.